The molecule has 0 aliphatic carbocycles. The SMILES string of the molecule is COCCc1n[nH]cc1NC(=O)Cc1ccc(Oc2ccnc3cc(OC)c(C#N)cc23)cn1. The average Bonchev–Trinajstić information content (AvgIpc) is 3.29. The van der Waals surface area contributed by atoms with Crippen LogP contribution in [0, 0.1) is 11.3 Å². The van der Waals surface area contributed by atoms with Crippen LogP contribution in [0.25, 0.3) is 10.9 Å². The minimum Gasteiger partial charge on any atom is -0.495 e. The van der Waals surface area contributed by atoms with E-state index in [9.17, 15) is 10.1 Å². The fourth-order valence-electron chi connectivity index (χ4n) is 3.37. The number of nitrogens with one attached hydrogen (secondary N) is 2. The maximum Gasteiger partial charge on any atom is 0.230 e. The summed E-state index contributed by atoms with van der Waals surface area (Å²) in [6.07, 6.45) is 5.49. The average molecular weight is 458 g/mol. The molecule has 3 aromatic heterocycles. The summed E-state index contributed by atoms with van der Waals surface area (Å²) in [6, 6.07) is 10.7. The van der Waals surface area contributed by atoms with Crippen LogP contribution in [0.2, 0.25) is 0 Å². The molecule has 1 aromatic carbocycles. The Balaban J connectivity index is 1.44. The summed E-state index contributed by atoms with van der Waals surface area (Å²) in [5, 5.41) is 19.8. The van der Waals surface area contributed by atoms with E-state index in [1.54, 1.807) is 56.0 Å². The Morgan fingerprint density at radius 2 is 2.06 bits per heavy atom. The highest BCUT2D eigenvalue weighted by Crippen LogP contribution is 2.32. The lowest BCUT2D eigenvalue weighted by Crippen LogP contribution is -2.16. The van der Waals surface area contributed by atoms with Crippen molar-refractivity contribution in [1.29, 1.82) is 5.26 Å². The summed E-state index contributed by atoms with van der Waals surface area (Å²) >= 11 is 0. The van der Waals surface area contributed by atoms with E-state index in [0.717, 1.165) is 5.69 Å². The van der Waals surface area contributed by atoms with Crippen LogP contribution < -0.4 is 14.8 Å². The van der Waals surface area contributed by atoms with Gasteiger partial charge in [-0.1, -0.05) is 0 Å². The molecule has 0 aliphatic rings. The van der Waals surface area contributed by atoms with Gasteiger partial charge in [0, 0.05) is 43.1 Å². The number of anilines is 1. The number of pyridine rings is 2. The van der Waals surface area contributed by atoms with Crippen molar-refractivity contribution in [2.24, 2.45) is 0 Å². The summed E-state index contributed by atoms with van der Waals surface area (Å²) in [6.45, 7) is 0.509. The summed E-state index contributed by atoms with van der Waals surface area (Å²) in [4.78, 5) is 21.1. The largest absolute Gasteiger partial charge is 0.495 e. The summed E-state index contributed by atoms with van der Waals surface area (Å²) in [7, 11) is 3.12. The molecule has 34 heavy (non-hydrogen) atoms. The number of aromatic nitrogens is 4. The number of rotatable bonds is 9. The van der Waals surface area contributed by atoms with E-state index >= 15 is 0 Å². The van der Waals surface area contributed by atoms with Gasteiger partial charge in [0.1, 0.15) is 23.3 Å². The Morgan fingerprint density at radius 1 is 1.18 bits per heavy atom. The Kier molecular flexibility index (Phi) is 6.95. The number of benzene rings is 1. The van der Waals surface area contributed by atoms with Crippen molar-refractivity contribution >= 4 is 22.5 Å². The third-order valence-electron chi connectivity index (χ3n) is 5.05. The van der Waals surface area contributed by atoms with E-state index in [4.69, 9.17) is 14.2 Å². The van der Waals surface area contributed by atoms with Crippen LogP contribution >= 0.6 is 0 Å². The maximum absolute atomic E-state index is 12.4. The van der Waals surface area contributed by atoms with Gasteiger partial charge in [-0.2, -0.15) is 10.4 Å². The van der Waals surface area contributed by atoms with Gasteiger partial charge >= 0.3 is 0 Å². The first-order valence-corrected chi connectivity index (χ1v) is 10.4. The van der Waals surface area contributed by atoms with Crippen molar-refractivity contribution in [1.82, 2.24) is 20.2 Å². The molecule has 0 fully saturated rings. The second-order valence-electron chi connectivity index (χ2n) is 7.29. The molecule has 10 heteroatoms. The second kappa shape index (κ2) is 10.4. The minimum absolute atomic E-state index is 0.0959. The lowest BCUT2D eigenvalue weighted by atomic mass is 10.1. The fourth-order valence-corrected chi connectivity index (χ4v) is 3.37. The minimum atomic E-state index is -0.209. The van der Waals surface area contributed by atoms with Crippen molar-refractivity contribution in [3.8, 4) is 23.3 Å². The lowest BCUT2D eigenvalue weighted by molar-refractivity contribution is -0.115. The monoisotopic (exact) mass is 458 g/mol. The van der Waals surface area contributed by atoms with Crippen molar-refractivity contribution in [2.45, 2.75) is 12.8 Å². The van der Waals surface area contributed by atoms with Crippen LogP contribution in [0.3, 0.4) is 0 Å². The number of nitriles is 1. The van der Waals surface area contributed by atoms with Gasteiger partial charge in [0.05, 0.1) is 48.8 Å². The molecule has 0 saturated heterocycles. The summed E-state index contributed by atoms with van der Waals surface area (Å²) < 4.78 is 16.3. The molecule has 0 radical (unpaired) electrons. The summed E-state index contributed by atoms with van der Waals surface area (Å²) in [5.41, 5.74) is 2.96. The number of hydrogen-bond donors (Lipinski definition) is 2. The zero-order valence-corrected chi connectivity index (χ0v) is 18.7. The predicted molar refractivity (Wildman–Crippen MR) is 124 cm³/mol. The third kappa shape index (κ3) is 5.11. The molecule has 4 rings (SSSR count). The molecular weight excluding hydrogens is 436 g/mol. The first-order valence-electron chi connectivity index (χ1n) is 10.4. The number of methoxy groups -OCH3 is 2. The fraction of sp³-hybridized carbons (Fsp3) is 0.208. The number of aromatic amines is 1. The van der Waals surface area contributed by atoms with Gasteiger partial charge in [0.25, 0.3) is 0 Å². The van der Waals surface area contributed by atoms with Crippen LogP contribution in [-0.2, 0) is 22.4 Å². The van der Waals surface area contributed by atoms with Gasteiger partial charge in [0.2, 0.25) is 5.91 Å². The Bertz CT molecular complexity index is 1340. The molecule has 0 unspecified atom stereocenters. The van der Waals surface area contributed by atoms with Crippen molar-refractivity contribution in [3.63, 3.8) is 0 Å². The van der Waals surface area contributed by atoms with E-state index in [2.05, 4.69) is 31.6 Å². The second-order valence-corrected chi connectivity index (χ2v) is 7.29. The molecule has 1 amide bonds. The first kappa shape index (κ1) is 22.7. The molecule has 2 N–H and O–H groups in total. The van der Waals surface area contributed by atoms with Crippen LogP contribution in [-0.4, -0.2) is 46.9 Å². The van der Waals surface area contributed by atoms with Crippen LogP contribution in [0.4, 0.5) is 5.69 Å². The lowest BCUT2D eigenvalue weighted by Gasteiger charge is -2.11. The van der Waals surface area contributed by atoms with Gasteiger partial charge in [-0.05, 0) is 24.3 Å². The maximum atomic E-state index is 12.4. The highest BCUT2D eigenvalue weighted by Gasteiger charge is 2.13. The first-order chi connectivity index (χ1) is 16.6. The summed E-state index contributed by atoms with van der Waals surface area (Å²) in [5.74, 6) is 1.26. The topological polar surface area (TPSA) is 135 Å². The van der Waals surface area contributed by atoms with Crippen molar-refractivity contribution in [2.75, 3.05) is 26.1 Å². The number of H-pyrrole nitrogens is 1. The normalized spacial score (nSPS) is 10.6. The standard InChI is InChI=1S/C24H22N6O4/c1-32-8-6-19-21(14-28-30-19)29-24(31)10-16-3-4-17(13-27-16)34-22-5-7-26-20-11-23(33-2)15(12-25)9-18(20)22/h3-5,7,9,11,13-14H,6,8,10H2,1-2H3,(H,28,30)(H,29,31). The number of nitrogens with zero attached hydrogens (tertiary/aromatic N) is 4. The number of ether oxygens (including phenoxy) is 3. The molecule has 172 valence electrons. The van der Waals surface area contributed by atoms with E-state index in [1.165, 1.54) is 7.11 Å². The molecule has 0 aliphatic heterocycles. The molecule has 3 heterocycles. The molecule has 0 atom stereocenters. The number of amides is 1. The molecule has 0 spiro atoms. The van der Waals surface area contributed by atoms with Crippen LogP contribution in [0.5, 0.6) is 17.2 Å². The van der Waals surface area contributed by atoms with Crippen LogP contribution in [0.15, 0.2) is 48.9 Å². The molecule has 0 saturated carbocycles. The number of carbonyl (C=O) groups excluding carboxylic acids is 1. The smallest absolute Gasteiger partial charge is 0.230 e. The van der Waals surface area contributed by atoms with E-state index in [1.807, 2.05) is 0 Å². The van der Waals surface area contributed by atoms with Gasteiger partial charge in [-0.3, -0.25) is 19.9 Å². The Morgan fingerprint density at radius 3 is 2.79 bits per heavy atom. The van der Waals surface area contributed by atoms with E-state index in [-0.39, 0.29) is 12.3 Å². The number of fused-ring (bicyclic) bond motifs is 1. The highest BCUT2D eigenvalue weighted by atomic mass is 16.5. The van der Waals surface area contributed by atoms with E-state index < -0.39 is 0 Å². The van der Waals surface area contributed by atoms with Gasteiger partial charge in [-0.15, -0.1) is 0 Å². The molecule has 10 nitrogen and oxygen atoms in total. The van der Waals surface area contributed by atoms with Gasteiger partial charge < -0.3 is 19.5 Å². The zero-order valence-electron chi connectivity index (χ0n) is 18.7. The zero-order chi connectivity index (χ0) is 23.9. The predicted octanol–water partition coefficient (Wildman–Crippen LogP) is 3.40. The quantitative estimate of drug-likeness (QED) is 0.390. The van der Waals surface area contributed by atoms with E-state index in [0.29, 0.717) is 58.1 Å². The number of hydrogen-bond acceptors (Lipinski definition) is 8. The Hall–Kier alpha value is -4.49. The highest BCUT2D eigenvalue weighted by molar-refractivity contribution is 5.92. The van der Waals surface area contributed by atoms with Gasteiger partial charge in [-0.25, -0.2) is 0 Å². The van der Waals surface area contributed by atoms with Crippen molar-refractivity contribution in [3.05, 3.63) is 65.9 Å². The van der Waals surface area contributed by atoms with Crippen molar-refractivity contribution < 1.29 is 19.0 Å². The molecular formula is C24H22N6O4. The third-order valence-corrected chi connectivity index (χ3v) is 5.05. The number of carbonyl (C=O) groups is 1. The Labute approximate surface area is 195 Å². The van der Waals surface area contributed by atoms with Gasteiger partial charge in [0.15, 0.2) is 0 Å². The molecule has 0 bridgehead atoms. The molecule has 4 aromatic rings. The van der Waals surface area contributed by atoms with Crippen LogP contribution in [0.1, 0.15) is 17.0 Å².